The third-order valence-electron chi connectivity index (χ3n) is 4.41. The maximum absolute atomic E-state index is 13.2. The van der Waals surface area contributed by atoms with E-state index in [4.69, 9.17) is 27.6 Å². The Balaban J connectivity index is 1.38. The van der Waals surface area contributed by atoms with Crippen LogP contribution in [0.1, 0.15) is 5.76 Å². The van der Waals surface area contributed by atoms with Gasteiger partial charge in [-0.15, -0.1) is 0 Å². The van der Waals surface area contributed by atoms with Crippen LogP contribution in [0.15, 0.2) is 68.7 Å². The lowest BCUT2D eigenvalue weighted by Gasteiger charge is -2.09. The van der Waals surface area contributed by atoms with E-state index in [1.54, 1.807) is 42.5 Å². The minimum absolute atomic E-state index is 0.190. The zero-order chi connectivity index (χ0) is 22.8. The van der Waals surface area contributed by atoms with E-state index < -0.39 is 0 Å². The maximum Gasteiger partial charge on any atom is 0.245 e. The highest BCUT2D eigenvalue weighted by Gasteiger charge is 2.13. The summed E-state index contributed by atoms with van der Waals surface area (Å²) in [5.74, 6) is 1.20. The molecule has 5 aromatic rings. The number of fused-ring (bicyclic) bond motifs is 1. The normalized spacial score (nSPS) is 11.4. The van der Waals surface area contributed by atoms with Gasteiger partial charge in [-0.1, -0.05) is 23.2 Å². The Morgan fingerprint density at radius 2 is 1.67 bits per heavy atom. The summed E-state index contributed by atoms with van der Waals surface area (Å²) in [6.07, 6.45) is 1.46. The molecule has 33 heavy (non-hydrogen) atoms. The lowest BCUT2D eigenvalue weighted by molar-refractivity contribution is 0.314. The molecule has 0 atom stereocenters. The highest BCUT2D eigenvalue weighted by Crippen LogP contribution is 2.31. The van der Waals surface area contributed by atoms with Crippen molar-refractivity contribution < 1.29 is 13.4 Å². The van der Waals surface area contributed by atoms with Gasteiger partial charge >= 0.3 is 0 Å². The zero-order valence-corrected chi connectivity index (χ0v) is 18.0. The first-order chi connectivity index (χ1) is 16.0. The van der Waals surface area contributed by atoms with Gasteiger partial charge in [-0.25, -0.2) is 14.0 Å². The number of aromatic nitrogens is 4. The second-order valence-electron chi connectivity index (χ2n) is 6.66. The number of nitrogens with zero attached hydrogens (tertiary/aromatic N) is 5. The predicted molar refractivity (Wildman–Crippen MR) is 122 cm³/mol. The number of rotatable bonds is 6. The van der Waals surface area contributed by atoms with Gasteiger partial charge in [-0.05, 0) is 64.9 Å². The maximum atomic E-state index is 13.2. The molecule has 164 valence electrons. The molecule has 0 aliphatic rings. The summed E-state index contributed by atoms with van der Waals surface area (Å²) in [5.41, 5.74) is 4.47. The molecule has 0 radical (unpaired) electrons. The van der Waals surface area contributed by atoms with Crippen LogP contribution in [0.2, 0.25) is 10.0 Å². The molecule has 0 saturated heterocycles. The Morgan fingerprint density at radius 3 is 2.42 bits per heavy atom. The van der Waals surface area contributed by atoms with Gasteiger partial charge in [0.05, 0.1) is 11.2 Å². The second-order valence-corrected chi connectivity index (χ2v) is 7.50. The standard InChI is InChI=1S/C21H12Cl2FN7O2/c22-11-1-7-15(16(23)9-11)17-8-6-14(32-17)10-25-29-19-18(26-13-4-2-12(24)3-5-13)27-20-21(28-19)31-33-30-20/h1-10H,(H,26,27,30)(H,28,29,31). The van der Waals surface area contributed by atoms with Crippen molar-refractivity contribution in [1.82, 2.24) is 20.3 Å². The Hall–Kier alpha value is -4.02. The first-order valence-electron chi connectivity index (χ1n) is 9.42. The van der Waals surface area contributed by atoms with Gasteiger partial charge in [0.2, 0.25) is 11.3 Å². The van der Waals surface area contributed by atoms with E-state index in [1.807, 2.05) is 0 Å². The van der Waals surface area contributed by atoms with Crippen LogP contribution in [0.4, 0.5) is 21.7 Å². The Kier molecular flexibility index (Phi) is 5.59. The average Bonchev–Trinajstić information content (AvgIpc) is 3.45. The second kappa shape index (κ2) is 8.85. The lowest BCUT2D eigenvalue weighted by atomic mass is 10.2. The number of benzene rings is 2. The summed E-state index contributed by atoms with van der Waals surface area (Å²) in [6, 6.07) is 14.4. The quantitative estimate of drug-likeness (QED) is 0.226. The molecule has 0 aliphatic carbocycles. The van der Waals surface area contributed by atoms with Crippen LogP contribution in [0, 0.1) is 5.82 Å². The van der Waals surface area contributed by atoms with E-state index in [0.29, 0.717) is 32.8 Å². The van der Waals surface area contributed by atoms with Gasteiger partial charge in [0.15, 0.2) is 11.6 Å². The van der Waals surface area contributed by atoms with Crippen molar-refractivity contribution in [2.24, 2.45) is 5.10 Å². The van der Waals surface area contributed by atoms with E-state index in [1.165, 1.54) is 18.3 Å². The topological polar surface area (TPSA) is 114 Å². The molecule has 5 rings (SSSR count). The predicted octanol–water partition coefficient (Wildman–Crippen LogP) is 5.91. The first kappa shape index (κ1) is 20.9. The fourth-order valence-electron chi connectivity index (χ4n) is 2.89. The van der Waals surface area contributed by atoms with E-state index in [-0.39, 0.29) is 28.7 Å². The Morgan fingerprint density at radius 1 is 0.909 bits per heavy atom. The number of hydrazone groups is 1. The van der Waals surface area contributed by atoms with Crippen molar-refractivity contribution in [3.8, 4) is 11.3 Å². The minimum atomic E-state index is -0.358. The lowest BCUT2D eigenvalue weighted by Crippen LogP contribution is -2.03. The molecule has 0 saturated carbocycles. The van der Waals surface area contributed by atoms with Crippen molar-refractivity contribution in [2.45, 2.75) is 0 Å². The molecule has 0 bridgehead atoms. The summed E-state index contributed by atoms with van der Waals surface area (Å²) in [4.78, 5) is 8.62. The number of anilines is 3. The van der Waals surface area contributed by atoms with Crippen LogP contribution in [-0.4, -0.2) is 26.5 Å². The smallest absolute Gasteiger partial charge is 0.245 e. The van der Waals surface area contributed by atoms with Gasteiger partial charge in [0.25, 0.3) is 0 Å². The Bertz CT molecular complexity index is 1470. The van der Waals surface area contributed by atoms with Gasteiger partial charge in [-0.3, -0.25) is 5.43 Å². The first-order valence-corrected chi connectivity index (χ1v) is 10.2. The van der Waals surface area contributed by atoms with Crippen LogP contribution in [-0.2, 0) is 0 Å². The highest BCUT2D eigenvalue weighted by atomic mass is 35.5. The Labute approximate surface area is 195 Å². The van der Waals surface area contributed by atoms with Gasteiger partial charge < -0.3 is 9.73 Å². The average molecular weight is 484 g/mol. The van der Waals surface area contributed by atoms with Crippen LogP contribution in [0.3, 0.4) is 0 Å². The van der Waals surface area contributed by atoms with E-state index in [9.17, 15) is 4.39 Å². The summed E-state index contributed by atoms with van der Waals surface area (Å²) in [7, 11) is 0. The molecule has 3 aromatic heterocycles. The molecule has 0 spiro atoms. The molecule has 9 nitrogen and oxygen atoms in total. The SMILES string of the molecule is Fc1ccc(Nc2nc3nonc3nc2NN=Cc2ccc(-c3ccc(Cl)cc3Cl)o2)cc1. The molecule has 12 heteroatoms. The van der Waals surface area contributed by atoms with Crippen molar-refractivity contribution >= 4 is 58.0 Å². The molecule has 0 fully saturated rings. The van der Waals surface area contributed by atoms with Gasteiger partial charge in [0, 0.05) is 16.3 Å². The fraction of sp³-hybridized carbons (Fsp3) is 0. The van der Waals surface area contributed by atoms with Crippen LogP contribution >= 0.6 is 23.2 Å². The van der Waals surface area contributed by atoms with Gasteiger partial charge in [-0.2, -0.15) is 10.1 Å². The van der Waals surface area contributed by atoms with Crippen molar-refractivity contribution in [1.29, 1.82) is 0 Å². The summed E-state index contributed by atoms with van der Waals surface area (Å²) < 4.78 is 23.7. The molecule has 2 N–H and O–H groups in total. The van der Waals surface area contributed by atoms with Crippen molar-refractivity contribution in [3.63, 3.8) is 0 Å². The minimum Gasteiger partial charge on any atom is -0.455 e. The molecular formula is C21H12Cl2FN7O2. The number of furan rings is 1. The summed E-state index contributed by atoms with van der Waals surface area (Å²) in [6.45, 7) is 0. The summed E-state index contributed by atoms with van der Waals surface area (Å²) in [5, 5.41) is 15.6. The van der Waals surface area contributed by atoms with E-state index in [2.05, 4.69) is 40.8 Å². The molecule has 3 heterocycles. The monoisotopic (exact) mass is 483 g/mol. The zero-order valence-electron chi connectivity index (χ0n) is 16.5. The number of nitrogens with one attached hydrogen (secondary N) is 2. The van der Waals surface area contributed by atoms with Crippen LogP contribution < -0.4 is 10.7 Å². The van der Waals surface area contributed by atoms with Crippen LogP contribution in [0.25, 0.3) is 22.6 Å². The molecular weight excluding hydrogens is 472 g/mol. The van der Waals surface area contributed by atoms with Crippen molar-refractivity contribution in [2.75, 3.05) is 10.7 Å². The number of hydrogen-bond donors (Lipinski definition) is 2. The van der Waals surface area contributed by atoms with E-state index in [0.717, 1.165) is 0 Å². The number of halogens is 3. The van der Waals surface area contributed by atoms with E-state index >= 15 is 0 Å². The molecule has 0 aliphatic heterocycles. The highest BCUT2D eigenvalue weighted by molar-refractivity contribution is 6.36. The van der Waals surface area contributed by atoms with Crippen molar-refractivity contribution in [3.05, 3.63) is 76.2 Å². The third kappa shape index (κ3) is 4.61. The third-order valence-corrected chi connectivity index (χ3v) is 4.95. The molecule has 0 unspecified atom stereocenters. The molecule has 0 amide bonds. The van der Waals surface area contributed by atoms with Gasteiger partial charge in [0.1, 0.15) is 17.3 Å². The fourth-order valence-corrected chi connectivity index (χ4v) is 3.39. The largest absolute Gasteiger partial charge is 0.455 e. The summed E-state index contributed by atoms with van der Waals surface area (Å²) >= 11 is 12.2. The molecule has 2 aromatic carbocycles. The van der Waals surface area contributed by atoms with Crippen LogP contribution in [0.5, 0.6) is 0 Å². The number of hydrogen-bond acceptors (Lipinski definition) is 9.